The monoisotopic (exact) mass is 446 g/mol. The Labute approximate surface area is 190 Å². The topological polar surface area (TPSA) is 86.7 Å². The lowest BCUT2D eigenvalue weighted by molar-refractivity contribution is -0.119. The minimum atomic E-state index is -0.524. The number of hydrogen-bond donors (Lipinski definition) is 2. The standard InChI is InChI=1S/C25H22N2O4S/c1-27(23(29)13-16-7-11-20(28)12-8-16)21-14-18(17-5-3-2-4-6-17)9-10-19(21)15-22-24(30)26-25(31)32-22/h2-12,14,22,28H,13,15H2,1H3,(H,26,30,31). The molecule has 3 aromatic rings. The number of benzene rings is 3. The molecular weight excluding hydrogens is 424 g/mol. The first-order chi connectivity index (χ1) is 15.4. The molecular formula is C25H22N2O4S. The van der Waals surface area contributed by atoms with E-state index in [1.807, 2.05) is 48.5 Å². The Morgan fingerprint density at radius 2 is 1.72 bits per heavy atom. The summed E-state index contributed by atoms with van der Waals surface area (Å²) in [6, 6.07) is 22.2. The Balaban J connectivity index is 1.65. The van der Waals surface area contributed by atoms with E-state index in [4.69, 9.17) is 0 Å². The molecule has 0 spiro atoms. The Morgan fingerprint density at radius 1 is 1.00 bits per heavy atom. The number of thioether (sulfide) groups is 1. The van der Waals surface area contributed by atoms with Crippen LogP contribution in [0.2, 0.25) is 0 Å². The van der Waals surface area contributed by atoms with Gasteiger partial charge in [-0.1, -0.05) is 66.4 Å². The summed E-state index contributed by atoms with van der Waals surface area (Å²) in [7, 11) is 1.71. The van der Waals surface area contributed by atoms with E-state index in [2.05, 4.69) is 5.32 Å². The highest BCUT2D eigenvalue weighted by Gasteiger charge is 2.32. The van der Waals surface area contributed by atoms with Crippen molar-refractivity contribution in [1.82, 2.24) is 5.32 Å². The zero-order valence-corrected chi connectivity index (χ0v) is 18.3. The van der Waals surface area contributed by atoms with E-state index in [0.717, 1.165) is 34.0 Å². The van der Waals surface area contributed by atoms with E-state index in [1.165, 1.54) is 0 Å². The van der Waals surface area contributed by atoms with Crippen molar-refractivity contribution in [3.8, 4) is 16.9 Å². The molecule has 0 aliphatic carbocycles. The first kappa shape index (κ1) is 21.6. The molecule has 1 fully saturated rings. The van der Waals surface area contributed by atoms with Gasteiger partial charge in [-0.05, 0) is 46.9 Å². The predicted molar refractivity (Wildman–Crippen MR) is 126 cm³/mol. The highest BCUT2D eigenvalue weighted by atomic mass is 32.2. The number of phenols is 1. The summed E-state index contributed by atoms with van der Waals surface area (Å²) in [4.78, 5) is 38.4. The third-order valence-corrected chi connectivity index (χ3v) is 6.37. The number of likely N-dealkylation sites (N-methyl/N-ethyl adjacent to an activating group) is 1. The fraction of sp³-hybridized carbons (Fsp3) is 0.160. The Kier molecular flexibility index (Phi) is 6.28. The first-order valence-electron chi connectivity index (χ1n) is 10.1. The molecule has 1 saturated heterocycles. The van der Waals surface area contributed by atoms with Crippen molar-refractivity contribution in [2.24, 2.45) is 0 Å². The predicted octanol–water partition coefficient (Wildman–Crippen LogP) is 4.16. The molecule has 1 heterocycles. The Morgan fingerprint density at radius 3 is 2.38 bits per heavy atom. The van der Waals surface area contributed by atoms with Gasteiger partial charge in [-0.15, -0.1) is 0 Å². The number of carbonyl (C=O) groups is 3. The maximum Gasteiger partial charge on any atom is 0.286 e. The number of nitrogens with one attached hydrogen (secondary N) is 1. The molecule has 162 valence electrons. The van der Waals surface area contributed by atoms with Gasteiger partial charge in [-0.3, -0.25) is 19.7 Å². The third-order valence-electron chi connectivity index (χ3n) is 5.39. The zero-order valence-electron chi connectivity index (χ0n) is 17.4. The molecule has 1 unspecified atom stereocenters. The van der Waals surface area contributed by atoms with Gasteiger partial charge in [0.25, 0.3) is 5.24 Å². The molecule has 0 aromatic heterocycles. The van der Waals surface area contributed by atoms with Crippen LogP contribution in [0.25, 0.3) is 11.1 Å². The van der Waals surface area contributed by atoms with E-state index in [9.17, 15) is 19.5 Å². The Hall–Kier alpha value is -3.58. The van der Waals surface area contributed by atoms with E-state index in [-0.39, 0.29) is 29.2 Å². The van der Waals surface area contributed by atoms with Gasteiger partial charge in [0.05, 0.1) is 11.7 Å². The first-order valence-corrected chi connectivity index (χ1v) is 11.0. The van der Waals surface area contributed by atoms with Crippen LogP contribution < -0.4 is 10.2 Å². The van der Waals surface area contributed by atoms with Crippen molar-refractivity contribution in [3.05, 3.63) is 83.9 Å². The summed E-state index contributed by atoms with van der Waals surface area (Å²) in [5.74, 6) is -0.285. The largest absolute Gasteiger partial charge is 0.508 e. The minimum Gasteiger partial charge on any atom is -0.508 e. The molecule has 0 bridgehead atoms. The molecule has 7 heteroatoms. The van der Waals surface area contributed by atoms with E-state index in [0.29, 0.717) is 12.1 Å². The number of phenolic OH excluding ortho intramolecular Hbond substituents is 1. The van der Waals surface area contributed by atoms with Gasteiger partial charge in [0, 0.05) is 12.7 Å². The molecule has 0 radical (unpaired) electrons. The lowest BCUT2D eigenvalue weighted by atomic mass is 9.99. The molecule has 2 N–H and O–H groups in total. The van der Waals surface area contributed by atoms with Gasteiger partial charge in [0.15, 0.2) is 0 Å². The number of rotatable bonds is 6. The van der Waals surface area contributed by atoms with Crippen LogP contribution in [-0.4, -0.2) is 34.5 Å². The van der Waals surface area contributed by atoms with Crippen molar-refractivity contribution < 1.29 is 19.5 Å². The molecule has 1 aliphatic rings. The zero-order chi connectivity index (χ0) is 22.7. The van der Waals surface area contributed by atoms with Gasteiger partial charge in [-0.25, -0.2) is 0 Å². The summed E-state index contributed by atoms with van der Waals surface area (Å²) in [5, 5.41) is 10.9. The summed E-state index contributed by atoms with van der Waals surface area (Å²) in [5.41, 5.74) is 4.27. The van der Waals surface area contributed by atoms with Crippen LogP contribution >= 0.6 is 11.8 Å². The second-order valence-electron chi connectivity index (χ2n) is 7.59. The van der Waals surface area contributed by atoms with Crippen LogP contribution in [0.4, 0.5) is 10.5 Å². The fourth-order valence-electron chi connectivity index (χ4n) is 3.63. The lowest BCUT2D eigenvalue weighted by Gasteiger charge is -2.23. The quantitative estimate of drug-likeness (QED) is 0.594. The summed E-state index contributed by atoms with van der Waals surface area (Å²) in [6.07, 6.45) is 0.506. The number of hydrogen-bond acceptors (Lipinski definition) is 5. The second-order valence-corrected chi connectivity index (χ2v) is 8.77. The van der Waals surface area contributed by atoms with Crippen LogP contribution in [0.3, 0.4) is 0 Å². The maximum absolute atomic E-state index is 13.1. The van der Waals surface area contributed by atoms with Gasteiger partial charge in [-0.2, -0.15) is 0 Å². The highest BCUT2D eigenvalue weighted by molar-refractivity contribution is 8.15. The van der Waals surface area contributed by atoms with Crippen LogP contribution in [-0.2, 0) is 22.4 Å². The minimum absolute atomic E-state index is 0.123. The lowest BCUT2D eigenvalue weighted by Crippen LogP contribution is -2.30. The van der Waals surface area contributed by atoms with E-state index in [1.54, 1.807) is 36.2 Å². The maximum atomic E-state index is 13.1. The van der Waals surface area contributed by atoms with E-state index < -0.39 is 5.25 Å². The van der Waals surface area contributed by atoms with Crippen molar-refractivity contribution in [2.45, 2.75) is 18.1 Å². The average molecular weight is 447 g/mol. The Bertz CT molecular complexity index is 1160. The fourth-order valence-corrected chi connectivity index (χ4v) is 4.47. The third kappa shape index (κ3) is 4.84. The van der Waals surface area contributed by atoms with Crippen LogP contribution in [0.5, 0.6) is 5.75 Å². The normalized spacial score (nSPS) is 15.5. The number of aromatic hydroxyl groups is 1. The highest BCUT2D eigenvalue weighted by Crippen LogP contribution is 2.32. The molecule has 1 atom stereocenters. The average Bonchev–Trinajstić information content (AvgIpc) is 3.12. The summed E-state index contributed by atoms with van der Waals surface area (Å²) < 4.78 is 0. The number of anilines is 1. The van der Waals surface area contributed by atoms with Gasteiger partial charge in [0.1, 0.15) is 5.75 Å². The van der Waals surface area contributed by atoms with Crippen molar-refractivity contribution in [1.29, 1.82) is 0 Å². The van der Waals surface area contributed by atoms with Crippen LogP contribution in [0, 0.1) is 0 Å². The molecule has 4 rings (SSSR count). The molecule has 32 heavy (non-hydrogen) atoms. The molecule has 1 aliphatic heterocycles. The molecule has 3 aromatic carbocycles. The summed E-state index contributed by atoms with van der Waals surface area (Å²) in [6.45, 7) is 0. The summed E-state index contributed by atoms with van der Waals surface area (Å²) >= 11 is 0.975. The van der Waals surface area contributed by atoms with Gasteiger partial charge < -0.3 is 10.0 Å². The van der Waals surface area contributed by atoms with Crippen molar-refractivity contribution in [3.63, 3.8) is 0 Å². The number of imide groups is 1. The van der Waals surface area contributed by atoms with Gasteiger partial charge in [0.2, 0.25) is 11.8 Å². The number of nitrogens with zero attached hydrogens (tertiary/aromatic N) is 1. The van der Waals surface area contributed by atoms with E-state index >= 15 is 0 Å². The van der Waals surface area contributed by atoms with Crippen LogP contribution in [0.15, 0.2) is 72.8 Å². The van der Waals surface area contributed by atoms with Crippen LogP contribution in [0.1, 0.15) is 11.1 Å². The number of amides is 3. The smallest absolute Gasteiger partial charge is 0.286 e. The SMILES string of the molecule is CN(C(=O)Cc1ccc(O)cc1)c1cc(-c2ccccc2)ccc1CC1SC(=O)NC1=O. The molecule has 3 amide bonds. The molecule has 0 saturated carbocycles. The van der Waals surface area contributed by atoms with Crippen molar-refractivity contribution >= 4 is 34.5 Å². The molecule has 6 nitrogen and oxygen atoms in total. The second kappa shape index (κ2) is 9.28. The van der Waals surface area contributed by atoms with Crippen molar-refractivity contribution in [2.75, 3.05) is 11.9 Å². The number of carbonyl (C=O) groups excluding carboxylic acids is 3. The van der Waals surface area contributed by atoms with Gasteiger partial charge >= 0.3 is 0 Å².